The minimum absolute atomic E-state index is 0.338. The van der Waals surface area contributed by atoms with Crippen LogP contribution in [0.1, 0.15) is 35.1 Å². The van der Waals surface area contributed by atoms with Gasteiger partial charge in [0.2, 0.25) is 0 Å². The molecule has 1 aliphatic heterocycles. The van der Waals surface area contributed by atoms with E-state index in [9.17, 15) is 0 Å². The Kier molecular flexibility index (Phi) is 5.09. The first kappa shape index (κ1) is 17.9. The Morgan fingerprint density at radius 3 is 2.89 bits per heavy atom. The summed E-state index contributed by atoms with van der Waals surface area (Å²) in [6, 6.07) is 10.5. The minimum Gasteiger partial charge on any atom is -0.381 e. The number of methoxy groups -OCH3 is 1. The summed E-state index contributed by atoms with van der Waals surface area (Å²) in [7, 11) is 3.74. The number of aromatic nitrogens is 3. The molecule has 2 aromatic heterocycles. The predicted molar refractivity (Wildman–Crippen MR) is 106 cm³/mol. The molecule has 0 aliphatic carbocycles. The van der Waals surface area contributed by atoms with Gasteiger partial charge in [0.25, 0.3) is 0 Å². The van der Waals surface area contributed by atoms with E-state index in [0.717, 1.165) is 43.5 Å². The first-order valence-electron chi connectivity index (χ1n) is 9.37. The summed E-state index contributed by atoms with van der Waals surface area (Å²) < 4.78 is 10.8. The number of rotatable bonds is 6. The molecule has 6 heteroatoms. The molecule has 142 valence electrons. The summed E-state index contributed by atoms with van der Waals surface area (Å²) >= 11 is 0. The molecular weight excluding hydrogens is 340 g/mol. The Morgan fingerprint density at radius 1 is 1.30 bits per heavy atom. The first-order chi connectivity index (χ1) is 13.2. The summed E-state index contributed by atoms with van der Waals surface area (Å²) in [5, 5.41) is 1.27. The van der Waals surface area contributed by atoms with Gasteiger partial charge in [-0.05, 0) is 25.0 Å². The topological polar surface area (TPSA) is 63.3 Å². The molecule has 0 spiro atoms. The maximum Gasteiger partial charge on any atom is 0.156 e. The predicted octanol–water partition coefficient (Wildman–Crippen LogP) is 3.55. The molecule has 6 nitrogen and oxygen atoms in total. The van der Waals surface area contributed by atoms with Crippen molar-refractivity contribution in [3.63, 3.8) is 0 Å². The van der Waals surface area contributed by atoms with Crippen LogP contribution >= 0.6 is 0 Å². The summed E-state index contributed by atoms with van der Waals surface area (Å²) in [5.74, 6) is 1.97. The first-order valence-corrected chi connectivity index (χ1v) is 9.37. The Balaban J connectivity index is 1.63. The van der Waals surface area contributed by atoms with Crippen molar-refractivity contribution in [1.29, 1.82) is 0 Å². The number of nitrogens with zero attached hydrogens (tertiary/aromatic N) is 3. The van der Waals surface area contributed by atoms with E-state index in [-0.39, 0.29) is 0 Å². The largest absolute Gasteiger partial charge is 0.381 e. The van der Waals surface area contributed by atoms with Gasteiger partial charge in [-0.15, -0.1) is 0 Å². The highest BCUT2D eigenvalue weighted by Gasteiger charge is 2.22. The highest BCUT2D eigenvalue weighted by molar-refractivity contribution is 5.84. The molecule has 4 rings (SSSR count). The highest BCUT2D eigenvalue weighted by Crippen LogP contribution is 2.27. The van der Waals surface area contributed by atoms with Crippen molar-refractivity contribution in [2.75, 3.05) is 32.3 Å². The van der Waals surface area contributed by atoms with Crippen LogP contribution in [0.2, 0.25) is 0 Å². The SMILES string of the molecule is COCc1nc([C@@H]2CCOC2)cc(N(C)Cc2[nH]c3ccccc3c2C)n1. The van der Waals surface area contributed by atoms with E-state index in [1.54, 1.807) is 7.11 Å². The number of anilines is 1. The molecule has 0 unspecified atom stereocenters. The molecule has 0 radical (unpaired) electrons. The summed E-state index contributed by atoms with van der Waals surface area (Å²) in [6.45, 7) is 4.86. The molecule has 3 aromatic rings. The number of H-pyrrole nitrogens is 1. The van der Waals surface area contributed by atoms with Crippen LogP contribution in [0, 0.1) is 6.92 Å². The fourth-order valence-corrected chi connectivity index (χ4v) is 3.68. The second-order valence-corrected chi connectivity index (χ2v) is 7.19. The fourth-order valence-electron chi connectivity index (χ4n) is 3.68. The van der Waals surface area contributed by atoms with E-state index in [1.807, 2.05) is 0 Å². The standard InChI is InChI=1S/C21H26N4O2/c1-14-16-6-4-5-7-17(16)22-19(14)11-25(2)21-10-18(15-8-9-27-12-15)23-20(24-21)13-26-3/h4-7,10,15,22H,8-9,11-13H2,1-3H3/t15-/m1/s1. The van der Waals surface area contributed by atoms with E-state index in [1.165, 1.54) is 22.2 Å². The number of hydrogen-bond acceptors (Lipinski definition) is 5. The maximum absolute atomic E-state index is 5.55. The zero-order valence-electron chi connectivity index (χ0n) is 16.2. The molecule has 3 heterocycles. The number of hydrogen-bond donors (Lipinski definition) is 1. The van der Waals surface area contributed by atoms with E-state index < -0.39 is 0 Å². The van der Waals surface area contributed by atoms with Crippen LogP contribution in [-0.4, -0.2) is 42.3 Å². The van der Waals surface area contributed by atoms with Gasteiger partial charge in [0.15, 0.2) is 5.82 Å². The lowest BCUT2D eigenvalue weighted by molar-refractivity contribution is 0.177. The van der Waals surface area contributed by atoms with Crippen molar-refractivity contribution in [3.05, 3.63) is 53.1 Å². The van der Waals surface area contributed by atoms with Gasteiger partial charge in [0, 0.05) is 49.3 Å². The van der Waals surface area contributed by atoms with Gasteiger partial charge in [-0.2, -0.15) is 0 Å². The number of nitrogens with one attached hydrogen (secondary N) is 1. The second-order valence-electron chi connectivity index (χ2n) is 7.19. The number of aryl methyl sites for hydroxylation is 1. The lowest BCUT2D eigenvalue weighted by Gasteiger charge is -2.20. The van der Waals surface area contributed by atoms with Crippen LogP contribution in [0.15, 0.2) is 30.3 Å². The molecule has 1 atom stereocenters. The summed E-state index contributed by atoms with van der Waals surface area (Å²) in [4.78, 5) is 15.1. The van der Waals surface area contributed by atoms with E-state index in [4.69, 9.17) is 19.4 Å². The maximum atomic E-state index is 5.55. The minimum atomic E-state index is 0.338. The number of fused-ring (bicyclic) bond motifs is 1. The number of benzene rings is 1. The van der Waals surface area contributed by atoms with Gasteiger partial charge in [-0.1, -0.05) is 18.2 Å². The second kappa shape index (κ2) is 7.66. The Hall–Kier alpha value is -2.44. The fraction of sp³-hybridized carbons (Fsp3) is 0.429. The van der Waals surface area contributed by atoms with Gasteiger partial charge in [-0.25, -0.2) is 9.97 Å². The number of ether oxygens (including phenoxy) is 2. The van der Waals surface area contributed by atoms with E-state index >= 15 is 0 Å². The molecule has 1 fully saturated rings. The Bertz CT molecular complexity index is 931. The Labute approximate surface area is 159 Å². The van der Waals surface area contributed by atoms with Crippen LogP contribution in [0.25, 0.3) is 10.9 Å². The molecular formula is C21H26N4O2. The zero-order chi connectivity index (χ0) is 18.8. The highest BCUT2D eigenvalue weighted by atomic mass is 16.5. The van der Waals surface area contributed by atoms with Crippen LogP contribution in [0.5, 0.6) is 0 Å². The van der Waals surface area contributed by atoms with E-state index in [0.29, 0.717) is 12.5 Å². The van der Waals surface area contributed by atoms with E-state index in [2.05, 4.69) is 54.2 Å². The van der Waals surface area contributed by atoms with Gasteiger partial charge >= 0.3 is 0 Å². The van der Waals surface area contributed by atoms with Crippen molar-refractivity contribution in [1.82, 2.24) is 15.0 Å². The number of aromatic amines is 1. The zero-order valence-corrected chi connectivity index (χ0v) is 16.2. The average Bonchev–Trinajstić information content (AvgIpc) is 3.31. The van der Waals surface area contributed by atoms with Crippen LogP contribution in [0.3, 0.4) is 0 Å². The molecule has 1 aliphatic rings. The number of para-hydroxylation sites is 1. The third-order valence-electron chi connectivity index (χ3n) is 5.26. The summed E-state index contributed by atoms with van der Waals surface area (Å²) in [5.41, 5.74) is 4.71. The average molecular weight is 366 g/mol. The van der Waals surface area contributed by atoms with Crippen molar-refractivity contribution < 1.29 is 9.47 Å². The normalized spacial score (nSPS) is 16.9. The molecule has 0 saturated carbocycles. The monoisotopic (exact) mass is 366 g/mol. The molecule has 1 aromatic carbocycles. The van der Waals surface area contributed by atoms with Crippen molar-refractivity contribution in [3.8, 4) is 0 Å². The molecule has 0 bridgehead atoms. The lowest BCUT2D eigenvalue weighted by Crippen LogP contribution is -2.20. The van der Waals surface area contributed by atoms with Gasteiger partial charge in [-0.3, -0.25) is 0 Å². The van der Waals surface area contributed by atoms with Crippen molar-refractivity contribution in [2.45, 2.75) is 32.4 Å². The Morgan fingerprint density at radius 2 is 2.15 bits per heavy atom. The van der Waals surface area contributed by atoms with Crippen molar-refractivity contribution in [2.24, 2.45) is 0 Å². The van der Waals surface area contributed by atoms with Gasteiger partial charge in [0.05, 0.1) is 18.8 Å². The van der Waals surface area contributed by atoms with Crippen LogP contribution in [-0.2, 0) is 22.6 Å². The van der Waals surface area contributed by atoms with Crippen LogP contribution < -0.4 is 4.90 Å². The third-order valence-corrected chi connectivity index (χ3v) is 5.26. The summed E-state index contributed by atoms with van der Waals surface area (Å²) in [6.07, 6.45) is 1.01. The smallest absolute Gasteiger partial charge is 0.156 e. The molecule has 27 heavy (non-hydrogen) atoms. The quantitative estimate of drug-likeness (QED) is 0.723. The molecule has 1 N–H and O–H groups in total. The van der Waals surface area contributed by atoms with Crippen LogP contribution in [0.4, 0.5) is 5.82 Å². The third kappa shape index (κ3) is 3.68. The van der Waals surface area contributed by atoms with Crippen molar-refractivity contribution >= 4 is 16.7 Å². The lowest BCUT2D eigenvalue weighted by atomic mass is 10.0. The van der Waals surface area contributed by atoms with Gasteiger partial charge < -0.3 is 19.4 Å². The van der Waals surface area contributed by atoms with Gasteiger partial charge in [0.1, 0.15) is 12.4 Å². The molecule has 0 amide bonds. The molecule has 1 saturated heterocycles.